The SMILES string of the molecule is Cc1n[nH]c(C)c1NS(=O)(=O)Cc1ccc(CO)cc1. The molecule has 0 aliphatic heterocycles. The van der Waals surface area contributed by atoms with Crippen LogP contribution in [0.15, 0.2) is 24.3 Å². The first-order valence-electron chi connectivity index (χ1n) is 6.12. The van der Waals surface area contributed by atoms with E-state index in [9.17, 15) is 8.42 Å². The first kappa shape index (κ1) is 14.5. The van der Waals surface area contributed by atoms with Gasteiger partial charge in [-0.3, -0.25) is 9.82 Å². The van der Waals surface area contributed by atoms with Crippen molar-refractivity contribution in [1.82, 2.24) is 10.2 Å². The molecule has 0 saturated heterocycles. The second-order valence-electron chi connectivity index (χ2n) is 4.64. The van der Waals surface area contributed by atoms with Gasteiger partial charge in [-0.15, -0.1) is 0 Å². The molecular formula is C13H17N3O3S. The zero-order valence-corrected chi connectivity index (χ0v) is 12.2. The van der Waals surface area contributed by atoms with Crippen LogP contribution in [0, 0.1) is 13.8 Å². The molecule has 0 unspecified atom stereocenters. The van der Waals surface area contributed by atoms with Crippen LogP contribution in [0.1, 0.15) is 22.5 Å². The number of anilines is 1. The van der Waals surface area contributed by atoms with E-state index in [4.69, 9.17) is 5.11 Å². The van der Waals surface area contributed by atoms with Gasteiger partial charge in [-0.05, 0) is 25.0 Å². The molecule has 7 heteroatoms. The quantitative estimate of drug-likeness (QED) is 0.778. The van der Waals surface area contributed by atoms with Gasteiger partial charge < -0.3 is 5.11 Å². The maximum atomic E-state index is 12.1. The van der Waals surface area contributed by atoms with E-state index in [1.807, 2.05) is 0 Å². The minimum atomic E-state index is -3.49. The van der Waals surface area contributed by atoms with Gasteiger partial charge in [-0.2, -0.15) is 5.10 Å². The third-order valence-corrected chi connectivity index (χ3v) is 4.18. The molecule has 20 heavy (non-hydrogen) atoms. The molecule has 1 aromatic carbocycles. The molecule has 1 aromatic heterocycles. The molecule has 0 spiro atoms. The van der Waals surface area contributed by atoms with Gasteiger partial charge in [-0.1, -0.05) is 24.3 Å². The van der Waals surface area contributed by atoms with Crippen molar-refractivity contribution >= 4 is 15.7 Å². The standard InChI is InChI=1S/C13H17N3O3S/c1-9-13(10(2)15-14-9)16-20(18,19)8-12-5-3-11(7-17)4-6-12/h3-6,16-17H,7-8H2,1-2H3,(H,14,15). The number of aromatic amines is 1. The van der Waals surface area contributed by atoms with Crippen LogP contribution in [0.2, 0.25) is 0 Å². The van der Waals surface area contributed by atoms with Crippen LogP contribution in [0.4, 0.5) is 5.69 Å². The van der Waals surface area contributed by atoms with Gasteiger partial charge in [0, 0.05) is 0 Å². The summed E-state index contributed by atoms with van der Waals surface area (Å²) in [6.45, 7) is 3.43. The number of aromatic nitrogens is 2. The number of nitrogens with zero attached hydrogens (tertiary/aromatic N) is 1. The minimum Gasteiger partial charge on any atom is -0.392 e. The third kappa shape index (κ3) is 3.37. The Kier molecular flexibility index (Phi) is 4.10. The summed E-state index contributed by atoms with van der Waals surface area (Å²) >= 11 is 0. The molecule has 3 N–H and O–H groups in total. The van der Waals surface area contributed by atoms with E-state index in [0.717, 1.165) is 5.56 Å². The number of H-pyrrole nitrogens is 1. The van der Waals surface area contributed by atoms with Crippen LogP contribution in [0.5, 0.6) is 0 Å². The van der Waals surface area contributed by atoms with Gasteiger partial charge in [0.25, 0.3) is 0 Å². The predicted octanol–water partition coefficient (Wildman–Crippen LogP) is 1.46. The third-order valence-electron chi connectivity index (χ3n) is 2.95. The maximum absolute atomic E-state index is 12.1. The largest absolute Gasteiger partial charge is 0.392 e. The predicted molar refractivity (Wildman–Crippen MR) is 76.7 cm³/mol. The normalized spacial score (nSPS) is 11.6. The van der Waals surface area contributed by atoms with Crippen molar-refractivity contribution in [1.29, 1.82) is 0 Å². The van der Waals surface area contributed by atoms with Gasteiger partial charge in [0.2, 0.25) is 10.0 Å². The van der Waals surface area contributed by atoms with Gasteiger partial charge in [0.05, 0.1) is 29.4 Å². The molecular weight excluding hydrogens is 278 g/mol. The van der Waals surface area contributed by atoms with Crippen molar-refractivity contribution in [3.63, 3.8) is 0 Å². The second kappa shape index (κ2) is 5.64. The number of hydrogen-bond acceptors (Lipinski definition) is 4. The van der Waals surface area contributed by atoms with Crippen LogP contribution in [-0.2, 0) is 22.4 Å². The summed E-state index contributed by atoms with van der Waals surface area (Å²) in [4.78, 5) is 0. The highest BCUT2D eigenvalue weighted by Crippen LogP contribution is 2.19. The number of sulfonamides is 1. The van der Waals surface area contributed by atoms with E-state index in [2.05, 4.69) is 14.9 Å². The lowest BCUT2D eigenvalue weighted by atomic mass is 10.2. The highest BCUT2D eigenvalue weighted by Gasteiger charge is 2.16. The second-order valence-corrected chi connectivity index (χ2v) is 6.37. The Balaban J connectivity index is 2.14. The van der Waals surface area contributed by atoms with Crippen molar-refractivity contribution in [2.75, 3.05) is 4.72 Å². The van der Waals surface area contributed by atoms with E-state index in [1.165, 1.54) is 0 Å². The number of aliphatic hydroxyl groups is 1. The summed E-state index contributed by atoms with van der Waals surface area (Å²) in [6, 6.07) is 6.80. The van der Waals surface area contributed by atoms with Gasteiger partial charge in [0.15, 0.2) is 0 Å². The van der Waals surface area contributed by atoms with E-state index >= 15 is 0 Å². The van der Waals surface area contributed by atoms with Crippen LogP contribution >= 0.6 is 0 Å². The Morgan fingerprint density at radius 1 is 1.20 bits per heavy atom. The fourth-order valence-corrected chi connectivity index (χ4v) is 3.17. The Hall–Kier alpha value is -1.86. The number of benzene rings is 1. The Labute approximate surface area is 117 Å². The molecule has 0 aliphatic rings. The van der Waals surface area contributed by atoms with E-state index in [0.29, 0.717) is 22.6 Å². The summed E-state index contributed by atoms with van der Waals surface area (Å²) in [5, 5.41) is 15.6. The monoisotopic (exact) mass is 295 g/mol. The fourth-order valence-electron chi connectivity index (χ4n) is 1.85. The molecule has 2 rings (SSSR count). The highest BCUT2D eigenvalue weighted by atomic mass is 32.2. The van der Waals surface area contributed by atoms with Crippen molar-refractivity contribution in [3.05, 3.63) is 46.8 Å². The number of rotatable bonds is 5. The first-order chi connectivity index (χ1) is 9.41. The summed E-state index contributed by atoms with van der Waals surface area (Å²) in [7, 11) is -3.49. The lowest BCUT2D eigenvalue weighted by Crippen LogP contribution is -2.16. The minimum absolute atomic E-state index is 0.0569. The van der Waals surface area contributed by atoms with Crippen LogP contribution in [0.25, 0.3) is 0 Å². The summed E-state index contributed by atoms with van der Waals surface area (Å²) in [5.74, 6) is -0.122. The average Bonchev–Trinajstić information content (AvgIpc) is 2.70. The first-order valence-corrected chi connectivity index (χ1v) is 7.77. The highest BCUT2D eigenvalue weighted by molar-refractivity contribution is 7.91. The zero-order chi connectivity index (χ0) is 14.8. The Bertz CT molecular complexity index is 671. The molecule has 2 aromatic rings. The van der Waals surface area contributed by atoms with E-state index in [1.54, 1.807) is 38.1 Å². The average molecular weight is 295 g/mol. The maximum Gasteiger partial charge on any atom is 0.237 e. The Morgan fingerprint density at radius 3 is 2.30 bits per heavy atom. The van der Waals surface area contributed by atoms with Gasteiger partial charge in [0.1, 0.15) is 0 Å². The molecule has 0 atom stereocenters. The van der Waals surface area contributed by atoms with Gasteiger partial charge >= 0.3 is 0 Å². The van der Waals surface area contributed by atoms with Crippen LogP contribution < -0.4 is 4.72 Å². The molecule has 6 nitrogen and oxygen atoms in total. The molecule has 0 fully saturated rings. The summed E-state index contributed by atoms with van der Waals surface area (Å²) in [6.07, 6.45) is 0. The smallest absolute Gasteiger partial charge is 0.237 e. The van der Waals surface area contributed by atoms with Crippen molar-refractivity contribution < 1.29 is 13.5 Å². The van der Waals surface area contributed by atoms with Crippen molar-refractivity contribution in [2.45, 2.75) is 26.2 Å². The Morgan fingerprint density at radius 2 is 1.80 bits per heavy atom. The summed E-state index contributed by atoms with van der Waals surface area (Å²) < 4.78 is 26.8. The number of aliphatic hydroxyl groups excluding tert-OH is 1. The lowest BCUT2D eigenvalue weighted by molar-refractivity contribution is 0.282. The molecule has 0 radical (unpaired) electrons. The van der Waals surface area contributed by atoms with Crippen LogP contribution in [-0.4, -0.2) is 23.7 Å². The molecule has 0 saturated carbocycles. The number of hydrogen-bond donors (Lipinski definition) is 3. The fraction of sp³-hybridized carbons (Fsp3) is 0.308. The topological polar surface area (TPSA) is 95.1 Å². The molecule has 0 amide bonds. The number of aryl methyl sites for hydroxylation is 2. The lowest BCUT2D eigenvalue weighted by Gasteiger charge is -2.08. The van der Waals surface area contributed by atoms with Gasteiger partial charge in [-0.25, -0.2) is 8.42 Å². The van der Waals surface area contributed by atoms with Crippen LogP contribution in [0.3, 0.4) is 0 Å². The number of nitrogens with one attached hydrogen (secondary N) is 2. The molecule has 1 heterocycles. The molecule has 0 bridgehead atoms. The zero-order valence-electron chi connectivity index (χ0n) is 11.3. The molecule has 0 aliphatic carbocycles. The molecule has 108 valence electrons. The van der Waals surface area contributed by atoms with E-state index in [-0.39, 0.29) is 12.4 Å². The van der Waals surface area contributed by atoms with Crippen molar-refractivity contribution in [3.8, 4) is 0 Å². The van der Waals surface area contributed by atoms with Crippen molar-refractivity contribution in [2.24, 2.45) is 0 Å². The van der Waals surface area contributed by atoms with E-state index < -0.39 is 10.0 Å². The summed E-state index contributed by atoms with van der Waals surface area (Å²) in [5.41, 5.74) is 3.20.